The van der Waals surface area contributed by atoms with Crippen LogP contribution < -0.4 is 11.1 Å². The van der Waals surface area contributed by atoms with Gasteiger partial charge in [-0.25, -0.2) is 4.79 Å². The zero-order valence-electron chi connectivity index (χ0n) is 31.1. The predicted molar refractivity (Wildman–Crippen MR) is 199 cm³/mol. The number of quaternary nitrogens is 1. The average molecular weight is 763 g/mol. The van der Waals surface area contributed by atoms with Gasteiger partial charge in [0.05, 0.1) is 18.6 Å². The van der Waals surface area contributed by atoms with E-state index in [2.05, 4.69) is 23.2 Å². The Bertz CT molecular complexity index is 1430. The van der Waals surface area contributed by atoms with E-state index >= 15 is 0 Å². The van der Waals surface area contributed by atoms with Gasteiger partial charge in [-0.1, -0.05) is 39.3 Å². The van der Waals surface area contributed by atoms with Gasteiger partial charge in [-0.3, -0.25) is 15.3 Å². The van der Waals surface area contributed by atoms with Gasteiger partial charge < -0.3 is 34.6 Å². The van der Waals surface area contributed by atoms with E-state index in [1.807, 2.05) is 28.5 Å². The summed E-state index contributed by atoms with van der Waals surface area (Å²) in [6.45, 7) is 7.22. The van der Waals surface area contributed by atoms with Crippen molar-refractivity contribution in [1.29, 1.82) is 0 Å². The highest BCUT2D eigenvalue weighted by atomic mass is 33.1. The summed E-state index contributed by atoms with van der Waals surface area (Å²) in [5, 5.41) is 21.6. The Hall–Kier alpha value is -1.61. The zero-order valence-corrected chi connectivity index (χ0v) is 32.7. The molecule has 1 saturated carbocycles. The van der Waals surface area contributed by atoms with Crippen molar-refractivity contribution in [3.8, 4) is 0 Å². The van der Waals surface area contributed by atoms with Crippen LogP contribution in [0.4, 0.5) is 0 Å². The first-order valence-electron chi connectivity index (χ1n) is 19.8. The molecular weight excluding hydrogens is 703 g/mol. The molecule has 5 heterocycles. The van der Waals surface area contributed by atoms with E-state index in [-0.39, 0.29) is 90.9 Å². The molecule has 0 aromatic carbocycles. The van der Waals surface area contributed by atoms with Crippen molar-refractivity contribution in [2.24, 2.45) is 47.2 Å². The van der Waals surface area contributed by atoms with Crippen molar-refractivity contribution in [1.82, 2.24) is 4.90 Å². The molecule has 52 heavy (non-hydrogen) atoms. The van der Waals surface area contributed by atoms with Crippen LogP contribution in [0, 0.1) is 41.4 Å². The molecular formula is C39H60N3O8S2+. The smallest absolute Gasteiger partial charge is 0.334 e. The number of fused-ring (bicyclic) bond motifs is 7. The molecule has 0 aromatic rings. The zero-order chi connectivity index (χ0) is 36.8. The Morgan fingerprint density at radius 3 is 2.73 bits per heavy atom. The number of esters is 2. The number of carbonyl (C=O) groups is 3. The van der Waals surface area contributed by atoms with E-state index in [4.69, 9.17) is 19.9 Å². The Morgan fingerprint density at radius 2 is 2.00 bits per heavy atom. The number of allylic oxidation sites excluding steroid dienone is 1. The molecule has 0 aromatic heterocycles. The molecule has 2 aliphatic carbocycles. The summed E-state index contributed by atoms with van der Waals surface area (Å²) in [7, 11) is 3.71. The van der Waals surface area contributed by atoms with Crippen LogP contribution in [0.1, 0.15) is 85.0 Å². The molecule has 1 spiro atoms. The summed E-state index contributed by atoms with van der Waals surface area (Å²) in [4.78, 5) is 43.0. The predicted octanol–water partition coefficient (Wildman–Crippen LogP) is 2.94. The van der Waals surface area contributed by atoms with Crippen LogP contribution in [0.3, 0.4) is 0 Å². The number of nitrogens with zero attached hydrogens (tertiary/aromatic N) is 1. The minimum absolute atomic E-state index is 0.0222. The number of carbonyl (C=O) groups excluding carboxylic acids is 3. The molecule has 290 valence electrons. The number of ether oxygens (including phenoxy) is 3. The second kappa shape index (κ2) is 15.9. The second-order valence-electron chi connectivity index (χ2n) is 17.1. The van der Waals surface area contributed by atoms with E-state index in [9.17, 15) is 24.6 Å². The first-order chi connectivity index (χ1) is 25.0. The van der Waals surface area contributed by atoms with Crippen LogP contribution in [-0.4, -0.2) is 106 Å². The van der Waals surface area contributed by atoms with Gasteiger partial charge in [0.2, 0.25) is 5.91 Å². The maximum Gasteiger partial charge on any atom is 0.334 e. The SMILES string of the molecule is CC=C(C)C(=O)OC1(C)CC=C2CSSCC3CCN3C(=O)CC3C[NH2+]C(N)CC3C2C12CC1CC3CC(CC(CO)CCO)C(=O)OC3CC1O2. The minimum Gasteiger partial charge on any atom is -0.462 e. The van der Waals surface area contributed by atoms with Gasteiger partial charge in [-0.2, -0.15) is 0 Å². The second-order valence-corrected chi connectivity index (χ2v) is 19.6. The molecule has 6 N–H and O–H groups in total. The number of amides is 1. The molecule has 7 aliphatic rings. The summed E-state index contributed by atoms with van der Waals surface area (Å²) >= 11 is 0. The number of hydrogen-bond donors (Lipinski definition) is 4. The lowest BCUT2D eigenvalue weighted by molar-refractivity contribution is -0.706. The van der Waals surface area contributed by atoms with Crippen molar-refractivity contribution < 1.29 is 44.1 Å². The number of aliphatic hydroxyl groups excluding tert-OH is 2. The van der Waals surface area contributed by atoms with Crippen molar-refractivity contribution in [2.75, 3.05) is 37.8 Å². The molecule has 0 bridgehead atoms. The number of rotatable bonds is 7. The fourth-order valence-corrected chi connectivity index (χ4v) is 13.5. The highest BCUT2D eigenvalue weighted by Crippen LogP contribution is 2.62. The monoisotopic (exact) mass is 762 g/mol. The number of nitrogens with two attached hydrogens (primary N) is 2. The van der Waals surface area contributed by atoms with Crippen LogP contribution in [0.5, 0.6) is 0 Å². The lowest BCUT2D eigenvalue weighted by atomic mass is 9.56. The third kappa shape index (κ3) is 7.25. The highest BCUT2D eigenvalue weighted by molar-refractivity contribution is 8.76. The first kappa shape index (κ1) is 38.7. The van der Waals surface area contributed by atoms with Crippen LogP contribution >= 0.6 is 21.6 Å². The summed E-state index contributed by atoms with van der Waals surface area (Å²) in [6, 6.07) is 0.306. The molecule has 13 unspecified atom stereocenters. The lowest BCUT2D eigenvalue weighted by Crippen LogP contribution is -2.96. The molecule has 13 heteroatoms. The number of hydrogen-bond acceptors (Lipinski definition) is 11. The topological polar surface area (TPSA) is 165 Å². The van der Waals surface area contributed by atoms with Crippen molar-refractivity contribution in [3.05, 3.63) is 23.3 Å². The average Bonchev–Trinajstić information content (AvgIpc) is 3.47. The molecule has 5 aliphatic heterocycles. The third-order valence-electron chi connectivity index (χ3n) is 14.1. The van der Waals surface area contributed by atoms with Crippen molar-refractivity contribution in [3.63, 3.8) is 0 Å². The molecule has 13 atom stereocenters. The number of piperidine rings is 1. The lowest BCUT2D eigenvalue weighted by Gasteiger charge is -2.56. The van der Waals surface area contributed by atoms with Crippen molar-refractivity contribution in [2.45, 2.75) is 121 Å². The Morgan fingerprint density at radius 1 is 1.17 bits per heavy atom. The Labute approximate surface area is 316 Å². The van der Waals surface area contributed by atoms with E-state index < -0.39 is 11.2 Å². The summed E-state index contributed by atoms with van der Waals surface area (Å²) in [6.07, 6.45) is 10.2. The van der Waals surface area contributed by atoms with Crippen LogP contribution in [-0.2, 0) is 28.6 Å². The first-order valence-corrected chi connectivity index (χ1v) is 22.3. The maximum atomic E-state index is 13.9. The molecule has 6 fully saturated rings. The third-order valence-corrected chi connectivity index (χ3v) is 16.5. The van der Waals surface area contributed by atoms with Gasteiger partial charge in [-0.15, -0.1) is 0 Å². The highest BCUT2D eigenvalue weighted by Gasteiger charge is 2.68. The summed E-state index contributed by atoms with van der Waals surface area (Å²) in [5.41, 5.74) is 6.81. The molecule has 1 amide bonds. The molecule has 11 nitrogen and oxygen atoms in total. The molecule has 0 radical (unpaired) electrons. The van der Waals surface area contributed by atoms with Gasteiger partial charge >= 0.3 is 11.9 Å². The minimum atomic E-state index is -0.972. The summed E-state index contributed by atoms with van der Waals surface area (Å²) in [5.74, 6) is 1.40. The van der Waals surface area contributed by atoms with E-state index in [0.717, 1.165) is 43.9 Å². The van der Waals surface area contributed by atoms with Gasteiger partial charge in [0.15, 0.2) is 0 Å². The standard InChI is InChI=1S/C39H59N3O8S2/c1-4-22(2)36(46)50-38(3)8-5-24-20-51-52-21-29-6-9-42(29)34(45)14-28-18-41-33(40)15-30(28)35(24)39(38)17-27-13-25-12-26(11-23(19-44)7-10-43)37(47)48-31(25)16-32(27)49-39/h4-5,23,25-33,35,41,43-44H,6-21,40H2,1-3H3/p+1. The fraction of sp³-hybridized carbons (Fsp3) is 0.821. The van der Waals surface area contributed by atoms with E-state index in [0.29, 0.717) is 56.6 Å². The van der Waals surface area contributed by atoms with Gasteiger partial charge in [0.25, 0.3) is 0 Å². The van der Waals surface area contributed by atoms with Crippen LogP contribution in [0.15, 0.2) is 23.3 Å². The molecule has 7 rings (SSSR count). The summed E-state index contributed by atoms with van der Waals surface area (Å²) < 4.78 is 20.4. The maximum absolute atomic E-state index is 13.9. The normalized spacial score (nSPS) is 42.8. The van der Waals surface area contributed by atoms with E-state index in [1.54, 1.807) is 13.0 Å². The fourth-order valence-electron chi connectivity index (χ4n) is 10.9. The molecule has 5 saturated heterocycles. The van der Waals surface area contributed by atoms with Gasteiger partial charge in [-0.05, 0) is 83.0 Å². The van der Waals surface area contributed by atoms with Crippen LogP contribution in [0.2, 0.25) is 0 Å². The largest absolute Gasteiger partial charge is 0.462 e. The van der Waals surface area contributed by atoms with Gasteiger partial charge in [0, 0.05) is 80.4 Å². The Balaban J connectivity index is 1.25. The quantitative estimate of drug-likeness (QED) is 0.131. The van der Waals surface area contributed by atoms with Crippen LogP contribution in [0.25, 0.3) is 0 Å². The van der Waals surface area contributed by atoms with Crippen molar-refractivity contribution >= 4 is 39.4 Å². The van der Waals surface area contributed by atoms with Gasteiger partial charge in [0.1, 0.15) is 23.5 Å². The Kier molecular flexibility index (Phi) is 11.8. The number of aliphatic hydroxyl groups is 2. The van der Waals surface area contributed by atoms with E-state index in [1.165, 1.54) is 5.57 Å².